The molecule has 2 rings (SSSR count). The van der Waals surface area contributed by atoms with Crippen molar-refractivity contribution in [1.82, 2.24) is 9.97 Å². The van der Waals surface area contributed by atoms with Crippen LogP contribution in [-0.2, 0) is 9.53 Å². The molecule has 1 aliphatic carbocycles. The summed E-state index contributed by atoms with van der Waals surface area (Å²) in [4.78, 5) is 19.1. The molecule has 2 N–H and O–H groups in total. The number of anilines is 2. The second kappa shape index (κ2) is 7.54. The summed E-state index contributed by atoms with van der Waals surface area (Å²) < 4.78 is 6.04. The first-order valence-corrected chi connectivity index (χ1v) is 7.51. The normalized spacial score (nSPS) is 22.3. The number of halogens is 1. The van der Waals surface area contributed by atoms with Crippen LogP contribution in [-0.4, -0.2) is 42.1 Å². The molecule has 0 unspecified atom stereocenters. The third kappa shape index (κ3) is 4.14. The second-order valence-electron chi connectivity index (χ2n) is 4.79. The average Bonchev–Trinajstić information content (AvgIpc) is 2.47. The predicted octanol–water partition coefficient (Wildman–Crippen LogP) is 2.22. The first-order valence-electron chi connectivity index (χ1n) is 6.72. The number of rotatable bonds is 6. The van der Waals surface area contributed by atoms with Crippen molar-refractivity contribution in [2.24, 2.45) is 0 Å². The molecule has 0 bridgehead atoms. The van der Waals surface area contributed by atoms with Gasteiger partial charge in [0.25, 0.3) is 0 Å². The van der Waals surface area contributed by atoms with Gasteiger partial charge in [-0.3, -0.25) is 0 Å². The van der Waals surface area contributed by atoms with Crippen LogP contribution in [0.3, 0.4) is 0 Å². The molecule has 1 aliphatic rings. The van der Waals surface area contributed by atoms with Crippen molar-refractivity contribution in [3.05, 3.63) is 10.8 Å². The molecule has 0 aliphatic heterocycles. The molecule has 110 valence electrons. The fourth-order valence-electron chi connectivity index (χ4n) is 2.37. The zero-order chi connectivity index (χ0) is 14.4. The first kappa shape index (κ1) is 15.2. The lowest BCUT2D eigenvalue weighted by atomic mass is 9.93. The van der Waals surface area contributed by atoms with Crippen molar-refractivity contribution in [3.8, 4) is 0 Å². The Hall–Kier alpha value is -1.21. The van der Waals surface area contributed by atoms with Crippen LogP contribution in [0.4, 0.5) is 11.6 Å². The summed E-state index contributed by atoms with van der Waals surface area (Å²) in [7, 11) is 1.76. The average molecular weight is 345 g/mol. The zero-order valence-corrected chi connectivity index (χ0v) is 13.0. The molecule has 1 fully saturated rings. The molecule has 1 aromatic heterocycles. The number of hydrogen-bond acceptors (Lipinski definition) is 6. The maximum absolute atomic E-state index is 10.5. The van der Waals surface area contributed by atoms with E-state index in [-0.39, 0.29) is 6.54 Å². The second-order valence-corrected chi connectivity index (χ2v) is 5.60. The third-order valence-electron chi connectivity index (χ3n) is 3.44. The summed E-state index contributed by atoms with van der Waals surface area (Å²) in [6, 6.07) is 0.363. The molecule has 0 saturated heterocycles. The number of ether oxygens (including phenoxy) is 1. The van der Waals surface area contributed by atoms with Crippen molar-refractivity contribution in [2.45, 2.75) is 37.8 Å². The fraction of sp³-hybridized carbons (Fsp3) is 0.615. The molecular formula is C13H19BrN4O2. The van der Waals surface area contributed by atoms with Crippen LogP contribution in [0.5, 0.6) is 0 Å². The summed E-state index contributed by atoms with van der Waals surface area (Å²) in [6.07, 6.45) is 6.96. The molecule has 1 aromatic rings. The monoisotopic (exact) mass is 344 g/mol. The Balaban J connectivity index is 2.00. The number of nitrogens with zero attached hydrogens (tertiary/aromatic N) is 2. The van der Waals surface area contributed by atoms with Gasteiger partial charge in [0.05, 0.1) is 18.8 Å². The quantitative estimate of drug-likeness (QED) is 0.608. The van der Waals surface area contributed by atoms with Crippen molar-refractivity contribution in [2.75, 3.05) is 24.3 Å². The van der Waals surface area contributed by atoms with Crippen LogP contribution in [0.15, 0.2) is 10.8 Å². The van der Waals surface area contributed by atoms with Crippen LogP contribution in [0.1, 0.15) is 25.7 Å². The van der Waals surface area contributed by atoms with Gasteiger partial charge in [0.15, 0.2) is 11.6 Å². The van der Waals surface area contributed by atoms with Crippen LogP contribution in [0.25, 0.3) is 0 Å². The van der Waals surface area contributed by atoms with Crippen molar-refractivity contribution >= 4 is 33.9 Å². The first-order chi connectivity index (χ1) is 9.72. The minimum Gasteiger partial charge on any atom is -0.381 e. The highest BCUT2D eigenvalue weighted by Crippen LogP contribution is 2.26. The van der Waals surface area contributed by atoms with E-state index in [2.05, 4.69) is 36.5 Å². The largest absolute Gasteiger partial charge is 0.381 e. The highest BCUT2D eigenvalue weighted by atomic mass is 79.9. The van der Waals surface area contributed by atoms with Crippen molar-refractivity contribution in [3.63, 3.8) is 0 Å². The van der Waals surface area contributed by atoms with Gasteiger partial charge in [0, 0.05) is 13.2 Å². The molecule has 6 nitrogen and oxygen atoms in total. The Labute approximate surface area is 126 Å². The van der Waals surface area contributed by atoms with Crippen molar-refractivity contribution in [1.29, 1.82) is 0 Å². The molecule has 0 aromatic carbocycles. The summed E-state index contributed by atoms with van der Waals surface area (Å²) in [5, 5.41) is 6.36. The van der Waals surface area contributed by atoms with E-state index in [4.69, 9.17) is 4.74 Å². The standard InChI is InChI=1S/C13H19BrN4O2/c1-20-10-4-2-9(3-5-10)17-13-12(15-6-7-19)16-8-11(14)18-13/h7-10H,2-6H2,1H3,(H,15,16)(H,17,18)/t9-,10-/i6+1,7+1. The number of nitrogens with one attached hydrogen (secondary N) is 2. The Kier molecular flexibility index (Phi) is 5.72. The number of aldehydes is 1. The van der Waals surface area contributed by atoms with E-state index in [1.165, 1.54) is 0 Å². The van der Waals surface area contributed by atoms with Gasteiger partial charge in [-0.05, 0) is 41.6 Å². The molecule has 20 heavy (non-hydrogen) atoms. The van der Waals surface area contributed by atoms with Gasteiger partial charge in [-0.1, -0.05) is 0 Å². The number of carbonyl (C=O) groups excluding carboxylic acids is 1. The minimum atomic E-state index is 0.224. The number of carbonyl (C=O) groups is 1. The predicted molar refractivity (Wildman–Crippen MR) is 81.0 cm³/mol. The minimum absolute atomic E-state index is 0.224. The van der Waals surface area contributed by atoms with E-state index in [0.717, 1.165) is 32.0 Å². The van der Waals surface area contributed by atoms with E-state index in [1.54, 1.807) is 13.3 Å². The van der Waals surface area contributed by atoms with Crippen LogP contribution >= 0.6 is 15.9 Å². The lowest BCUT2D eigenvalue weighted by Crippen LogP contribution is -2.30. The van der Waals surface area contributed by atoms with E-state index < -0.39 is 0 Å². The maximum atomic E-state index is 10.5. The van der Waals surface area contributed by atoms with Gasteiger partial charge in [-0.2, -0.15) is 0 Å². The van der Waals surface area contributed by atoms with E-state index in [0.29, 0.717) is 28.4 Å². The van der Waals surface area contributed by atoms with Gasteiger partial charge in [0.2, 0.25) is 0 Å². The third-order valence-corrected chi connectivity index (χ3v) is 3.83. The summed E-state index contributed by atoms with van der Waals surface area (Å²) in [5.41, 5.74) is 0. The highest BCUT2D eigenvalue weighted by Gasteiger charge is 2.22. The summed E-state index contributed by atoms with van der Waals surface area (Å²) in [5.74, 6) is 1.29. The van der Waals surface area contributed by atoms with Gasteiger partial charge >= 0.3 is 0 Å². The molecule has 1 saturated carbocycles. The Morgan fingerprint density at radius 2 is 2.15 bits per heavy atom. The molecular weight excluding hydrogens is 326 g/mol. The smallest absolute Gasteiger partial charge is 0.170 e. The van der Waals surface area contributed by atoms with Gasteiger partial charge < -0.3 is 20.2 Å². The SMILES string of the molecule is CO[C@H]1CC[C@H](Nc2nc(Br)cnc2N[13CH2][13CH]=O)CC1. The number of hydrogen-bond donors (Lipinski definition) is 2. The zero-order valence-electron chi connectivity index (χ0n) is 11.4. The topological polar surface area (TPSA) is 76.1 Å². The lowest BCUT2D eigenvalue weighted by Gasteiger charge is -2.28. The van der Waals surface area contributed by atoms with Crippen molar-refractivity contribution < 1.29 is 9.53 Å². The van der Waals surface area contributed by atoms with Crippen LogP contribution < -0.4 is 10.6 Å². The number of methoxy groups -OCH3 is 1. The Morgan fingerprint density at radius 3 is 2.80 bits per heavy atom. The van der Waals surface area contributed by atoms with Gasteiger partial charge in [0.1, 0.15) is 10.9 Å². The number of aromatic nitrogens is 2. The maximum Gasteiger partial charge on any atom is 0.170 e. The lowest BCUT2D eigenvalue weighted by molar-refractivity contribution is -0.106. The van der Waals surface area contributed by atoms with E-state index >= 15 is 0 Å². The Morgan fingerprint density at radius 1 is 1.40 bits per heavy atom. The van der Waals surface area contributed by atoms with Crippen LogP contribution in [0.2, 0.25) is 0 Å². The van der Waals surface area contributed by atoms with Gasteiger partial charge in [-0.15, -0.1) is 0 Å². The fourth-order valence-corrected chi connectivity index (χ4v) is 2.65. The summed E-state index contributed by atoms with van der Waals surface area (Å²) in [6.45, 7) is 0.224. The van der Waals surface area contributed by atoms with E-state index in [9.17, 15) is 4.79 Å². The van der Waals surface area contributed by atoms with E-state index in [1.807, 2.05) is 0 Å². The summed E-state index contributed by atoms with van der Waals surface area (Å²) >= 11 is 3.32. The molecule has 0 radical (unpaired) electrons. The molecule has 7 heteroatoms. The molecule has 0 atom stereocenters. The van der Waals surface area contributed by atoms with Crippen LogP contribution in [0, 0.1) is 0 Å². The molecule has 0 spiro atoms. The van der Waals surface area contributed by atoms with Gasteiger partial charge in [-0.25, -0.2) is 9.97 Å². The molecule has 1 heterocycles. The highest BCUT2D eigenvalue weighted by molar-refractivity contribution is 9.10. The Bertz CT molecular complexity index is 450. The molecule has 0 amide bonds.